The Morgan fingerprint density at radius 1 is 1.21 bits per heavy atom. The lowest BCUT2D eigenvalue weighted by Crippen LogP contribution is -3.14. The zero-order valence-electron chi connectivity index (χ0n) is 13.4. The van der Waals surface area contributed by atoms with Gasteiger partial charge < -0.3 is 15.5 Å². The molecule has 24 heavy (non-hydrogen) atoms. The molecule has 1 aromatic rings. The second-order valence-corrected chi connectivity index (χ2v) is 6.18. The van der Waals surface area contributed by atoms with Gasteiger partial charge in [0.05, 0.1) is 25.3 Å². The number of quaternary nitrogens is 1. The van der Waals surface area contributed by atoms with Crippen LogP contribution < -0.4 is 15.5 Å². The van der Waals surface area contributed by atoms with Gasteiger partial charge in [-0.25, -0.2) is 13.2 Å². The van der Waals surface area contributed by atoms with Crippen molar-refractivity contribution in [1.82, 2.24) is 5.32 Å². The van der Waals surface area contributed by atoms with Crippen LogP contribution in [0, 0.1) is 23.4 Å². The molecule has 8 heteroatoms. The van der Waals surface area contributed by atoms with Crippen LogP contribution in [0.3, 0.4) is 0 Å². The molecule has 132 valence electrons. The van der Waals surface area contributed by atoms with Crippen LogP contribution in [0.5, 0.6) is 0 Å². The Bertz CT molecular complexity index is 625. The lowest BCUT2D eigenvalue weighted by atomic mass is 10.0. The molecule has 1 unspecified atom stereocenters. The monoisotopic (exact) mass is 344 g/mol. The van der Waals surface area contributed by atoms with Crippen LogP contribution in [-0.4, -0.2) is 38.0 Å². The summed E-state index contributed by atoms with van der Waals surface area (Å²) < 4.78 is 39.3. The van der Waals surface area contributed by atoms with Gasteiger partial charge in [0.15, 0.2) is 24.0 Å². The van der Waals surface area contributed by atoms with Crippen molar-refractivity contribution in [2.45, 2.75) is 19.8 Å². The summed E-state index contributed by atoms with van der Waals surface area (Å²) in [5.74, 6) is -4.88. The van der Waals surface area contributed by atoms with E-state index in [1.807, 2.05) is 0 Å². The predicted octanol–water partition coefficient (Wildman–Crippen LogP) is 0.473. The fourth-order valence-corrected chi connectivity index (χ4v) is 2.84. The Kier molecular flexibility index (Phi) is 6.19. The second kappa shape index (κ2) is 8.14. The third-order valence-corrected chi connectivity index (χ3v) is 4.03. The first kappa shape index (κ1) is 18.3. The molecule has 0 radical (unpaired) electrons. The number of carbonyl (C=O) groups excluding carboxylic acids is 2. The summed E-state index contributed by atoms with van der Waals surface area (Å²) in [6, 6.07) is 1.64. The van der Waals surface area contributed by atoms with Gasteiger partial charge in [-0.15, -0.1) is 0 Å². The highest BCUT2D eigenvalue weighted by molar-refractivity contribution is 5.94. The number of rotatable bonds is 5. The summed E-state index contributed by atoms with van der Waals surface area (Å²) >= 11 is 0. The van der Waals surface area contributed by atoms with E-state index >= 15 is 0 Å². The Hall–Kier alpha value is -2.09. The SMILES string of the molecule is C[C@H]1CCC[NH+](CC(=O)NCC(=O)Nc2ccc(F)c(F)c2F)C1. The van der Waals surface area contributed by atoms with E-state index in [0.29, 0.717) is 12.0 Å². The Morgan fingerprint density at radius 3 is 2.67 bits per heavy atom. The molecule has 0 saturated carbocycles. The minimum atomic E-state index is -1.65. The van der Waals surface area contributed by atoms with Crippen molar-refractivity contribution in [3.63, 3.8) is 0 Å². The van der Waals surface area contributed by atoms with Crippen molar-refractivity contribution in [2.75, 3.05) is 31.5 Å². The third kappa shape index (κ3) is 4.95. The lowest BCUT2D eigenvalue weighted by Gasteiger charge is -2.27. The average molecular weight is 344 g/mol. The molecule has 0 aromatic heterocycles. The predicted molar refractivity (Wildman–Crippen MR) is 81.9 cm³/mol. The highest BCUT2D eigenvalue weighted by Gasteiger charge is 2.22. The van der Waals surface area contributed by atoms with Crippen molar-refractivity contribution >= 4 is 17.5 Å². The van der Waals surface area contributed by atoms with Gasteiger partial charge in [0.1, 0.15) is 0 Å². The molecule has 1 aliphatic rings. The maximum absolute atomic E-state index is 13.4. The number of hydrogen-bond donors (Lipinski definition) is 3. The largest absolute Gasteiger partial charge is 0.342 e. The minimum Gasteiger partial charge on any atom is -0.342 e. The first-order valence-electron chi connectivity index (χ1n) is 7.90. The first-order valence-corrected chi connectivity index (χ1v) is 7.90. The van der Waals surface area contributed by atoms with Crippen LogP contribution in [-0.2, 0) is 9.59 Å². The molecule has 2 amide bonds. The summed E-state index contributed by atoms with van der Waals surface area (Å²) in [7, 11) is 0. The van der Waals surface area contributed by atoms with Crippen molar-refractivity contribution in [2.24, 2.45) is 5.92 Å². The van der Waals surface area contributed by atoms with Crippen molar-refractivity contribution in [3.8, 4) is 0 Å². The number of nitrogens with one attached hydrogen (secondary N) is 3. The van der Waals surface area contributed by atoms with E-state index in [1.165, 1.54) is 4.90 Å². The number of anilines is 1. The molecular weight excluding hydrogens is 323 g/mol. The molecule has 5 nitrogen and oxygen atoms in total. The quantitative estimate of drug-likeness (QED) is 0.680. The van der Waals surface area contributed by atoms with Crippen LogP contribution in [0.4, 0.5) is 18.9 Å². The average Bonchev–Trinajstić information content (AvgIpc) is 2.53. The Morgan fingerprint density at radius 2 is 1.96 bits per heavy atom. The zero-order chi connectivity index (χ0) is 17.7. The Balaban J connectivity index is 1.78. The highest BCUT2D eigenvalue weighted by atomic mass is 19.2. The fourth-order valence-electron chi connectivity index (χ4n) is 2.84. The van der Waals surface area contributed by atoms with Gasteiger partial charge in [0.2, 0.25) is 5.91 Å². The van der Waals surface area contributed by atoms with Crippen LogP contribution in [0.1, 0.15) is 19.8 Å². The van der Waals surface area contributed by atoms with E-state index in [9.17, 15) is 22.8 Å². The molecule has 0 aliphatic carbocycles. The molecule has 1 aromatic carbocycles. The van der Waals surface area contributed by atoms with E-state index < -0.39 is 29.0 Å². The van der Waals surface area contributed by atoms with Gasteiger partial charge in [-0.3, -0.25) is 9.59 Å². The summed E-state index contributed by atoms with van der Waals surface area (Å²) in [6.45, 7) is 3.89. The molecule has 2 atom stereocenters. The molecule has 3 N–H and O–H groups in total. The van der Waals surface area contributed by atoms with Gasteiger partial charge in [-0.2, -0.15) is 0 Å². The minimum absolute atomic E-state index is 0.275. The zero-order valence-corrected chi connectivity index (χ0v) is 13.4. The first-order chi connectivity index (χ1) is 11.4. The molecular formula is C16H21F3N3O2+. The van der Waals surface area contributed by atoms with Crippen LogP contribution in [0.25, 0.3) is 0 Å². The second-order valence-electron chi connectivity index (χ2n) is 6.18. The van der Waals surface area contributed by atoms with E-state index in [4.69, 9.17) is 0 Å². The number of carbonyl (C=O) groups is 2. The van der Waals surface area contributed by atoms with E-state index in [-0.39, 0.29) is 19.0 Å². The maximum atomic E-state index is 13.4. The molecule has 1 saturated heterocycles. The topological polar surface area (TPSA) is 62.6 Å². The van der Waals surface area contributed by atoms with Gasteiger partial charge in [0, 0.05) is 5.92 Å². The molecule has 1 heterocycles. The standard InChI is InChI=1S/C16H20F3N3O2/c1-10-3-2-6-22(8-10)9-14(24)20-7-13(23)21-12-5-4-11(17)15(18)16(12)19/h4-5,10H,2-3,6-9H2,1H3,(H,20,24)(H,21,23)/p+1/t10-/m0/s1. The smallest absolute Gasteiger partial charge is 0.275 e. The van der Waals surface area contributed by atoms with E-state index in [1.54, 1.807) is 0 Å². The van der Waals surface area contributed by atoms with Gasteiger partial charge in [-0.1, -0.05) is 6.92 Å². The summed E-state index contributed by atoms with van der Waals surface area (Å²) in [5, 5.41) is 4.55. The van der Waals surface area contributed by atoms with Crippen molar-refractivity contribution < 1.29 is 27.7 Å². The number of amides is 2. The maximum Gasteiger partial charge on any atom is 0.275 e. The lowest BCUT2D eigenvalue weighted by molar-refractivity contribution is -0.900. The van der Waals surface area contributed by atoms with Crippen LogP contribution in [0.2, 0.25) is 0 Å². The fraction of sp³-hybridized carbons (Fsp3) is 0.500. The summed E-state index contributed by atoms with van der Waals surface area (Å²) in [4.78, 5) is 24.7. The molecule has 0 bridgehead atoms. The number of benzene rings is 1. The van der Waals surface area contributed by atoms with Crippen LogP contribution >= 0.6 is 0 Å². The summed E-state index contributed by atoms with van der Waals surface area (Å²) in [6.07, 6.45) is 2.23. The van der Waals surface area contributed by atoms with Crippen LogP contribution in [0.15, 0.2) is 12.1 Å². The normalized spacial score (nSPS) is 20.5. The number of hydrogen-bond acceptors (Lipinski definition) is 2. The Labute approximate surface area is 138 Å². The third-order valence-electron chi connectivity index (χ3n) is 4.03. The van der Waals surface area contributed by atoms with E-state index in [2.05, 4.69) is 17.6 Å². The number of halogens is 3. The molecule has 2 rings (SSSR count). The van der Waals surface area contributed by atoms with Gasteiger partial charge in [0.25, 0.3) is 5.91 Å². The summed E-state index contributed by atoms with van der Waals surface area (Å²) in [5.41, 5.74) is -0.469. The van der Waals surface area contributed by atoms with Crippen molar-refractivity contribution in [1.29, 1.82) is 0 Å². The van der Waals surface area contributed by atoms with Gasteiger partial charge >= 0.3 is 0 Å². The molecule has 1 aliphatic heterocycles. The van der Waals surface area contributed by atoms with E-state index in [0.717, 1.165) is 32.0 Å². The number of likely N-dealkylation sites (tertiary alicyclic amines) is 1. The van der Waals surface area contributed by atoms with Gasteiger partial charge in [-0.05, 0) is 25.0 Å². The molecule has 0 spiro atoms. The van der Waals surface area contributed by atoms with Crippen molar-refractivity contribution in [3.05, 3.63) is 29.6 Å². The number of piperidine rings is 1. The highest BCUT2D eigenvalue weighted by Crippen LogP contribution is 2.19. The molecule has 1 fully saturated rings.